The molecule has 0 atom stereocenters. The number of benzene rings is 2. The highest BCUT2D eigenvalue weighted by Crippen LogP contribution is 2.21. The molecule has 0 aromatic heterocycles. The second-order valence-corrected chi connectivity index (χ2v) is 7.01. The number of amides is 2. The summed E-state index contributed by atoms with van der Waals surface area (Å²) in [6, 6.07) is 10.8. The summed E-state index contributed by atoms with van der Waals surface area (Å²) in [6.45, 7) is 1.67. The van der Waals surface area contributed by atoms with Gasteiger partial charge in [0.15, 0.2) is 0 Å². The number of nitrogens with zero attached hydrogens (tertiary/aromatic N) is 2. The fraction of sp³-hybridized carbons (Fsp3) is 0.222. The SMILES string of the molecule is O=C(c1ccc(Cl)cc1)N1CCN(C(=O)c2cc(F)ccc2Br)CC1. The number of carbonyl (C=O) groups excluding carboxylic acids is 2. The minimum absolute atomic E-state index is 0.0873. The first-order chi connectivity index (χ1) is 12.0. The van der Waals surface area contributed by atoms with Gasteiger partial charge in [0, 0.05) is 41.2 Å². The molecule has 1 heterocycles. The summed E-state index contributed by atoms with van der Waals surface area (Å²) in [5, 5.41) is 0.577. The van der Waals surface area contributed by atoms with Crippen molar-refractivity contribution in [1.82, 2.24) is 9.80 Å². The van der Waals surface area contributed by atoms with Gasteiger partial charge < -0.3 is 9.80 Å². The van der Waals surface area contributed by atoms with Crippen LogP contribution < -0.4 is 0 Å². The Morgan fingerprint density at radius 1 is 0.920 bits per heavy atom. The number of piperazine rings is 1. The third-order valence-electron chi connectivity index (χ3n) is 4.10. The van der Waals surface area contributed by atoms with E-state index in [1.54, 1.807) is 34.1 Å². The van der Waals surface area contributed by atoms with Crippen LogP contribution in [0.2, 0.25) is 5.02 Å². The first kappa shape index (κ1) is 17.9. The highest BCUT2D eigenvalue weighted by Gasteiger charge is 2.26. The molecule has 0 saturated carbocycles. The molecule has 1 saturated heterocycles. The minimum atomic E-state index is -0.455. The van der Waals surface area contributed by atoms with Gasteiger partial charge in [-0.1, -0.05) is 11.6 Å². The third-order valence-corrected chi connectivity index (χ3v) is 5.05. The fourth-order valence-corrected chi connectivity index (χ4v) is 3.26. The average molecular weight is 426 g/mol. The Bertz CT molecular complexity index is 805. The minimum Gasteiger partial charge on any atom is -0.335 e. The lowest BCUT2D eigenvalue weighted by Gasteiger charge is -2.35. The van der Waals surface area contributed by atoms with Crippen molar-refractivity contribution in [2.45, 2.75) is 0 Å². The predicted octanol–water partition coefficient (Wildman–Crippen LogP) is 3.84. The Morgan fingerprint density at radius 2 is 1.48 bits per heavy atom. The smallest absolute Gasteiger partial charge is 0.255 e. The third kappa shape index (κ3) is 4.02. The molecule has 130 valence electrons. The Balaban J connectivity index is 1.65. The van der Waals surface area contributed by atoms with Gasteiger partial charge in [-0.05, 0) is 58.4 Å². The predicted molar refractivity (Wildman–Crippen MR) is 97.4 cm³/mol. The molecular formula is C18H15BrClFN2O2. The molecular weight excluding hydrogens is 411 g/mol. The lowest BCUT2D eigenvalue weighted by Crippen LogP contribution is -2.50. The van der Waals surface area contributed by atoms with E-state index in [-0.39, 0.29) is 17.4 Å². The van der Waals surface area contributed by atoms with Crippen molar-refractivity contribution in [3.63, 3.8) is 0 Å². The second-order valence-electron chi connectivity index (χ2n) is 5.72. The van der Waals surface area contributed by atoms with Crippen molar-refractivity contribution >= 4 is 39.3 Å². The van der Waals surface area contributed by atoms with Crippen LogP contribution in [-0.4, -0.2) is 47.8 Å². The van der Waals surface area contributed by atoms with Crippen molar-refractivity contribution in [2.24, 2.45) is 0 Å². The van der Waals surface area contributed by atoms with E-state index in [0.29, 0.717) is 41.2 Å². The second kappa shape index (κ2) is 7.54. The quantitative estimate of drug-likeness (QED) is 0.733. The monoisotopic (exact) mass is 424 g/mol. The largest absolute Gasteiger partial charge is 0.335 e. The molecule has 0 unspecified atom stereocenters. The zero-order valence-electron chi connectivity index (χ0n) is 13.2. The van der Waals surface area contributed by atoms with E-state index in [2.05, 4.69) is 15.9 Å². The maximum Gasteiger partial charge on any atom is 0.255 e. The van der Waals surface area contributed by atoms with Crippen LogP contribution in [0.5, 0.6) is 0 Å². The molecule has 0 N–H and O–H groups in total. The lowest BCUT2D eigenvalue weighted by molar-refractivity contribution is 0.0535. The number of hydrogen-bond acceptors (Lipinski definition) is 2. The van der Waals surface area contributed by atoms with Gasteiger partial charge in [-0.3, -0.25) is 9.59 Å². The van der Waals surface area contributed by atoms with Crippen LogP contribution >= 0.6 is 27.5 Å². The highest BCUT2D eigenvalue weighted by atomic mass is 79.9. The molecule has 2 amide bonds. The van der Waals surface area contributed by atoms with Crippen LogP contribution in [0.25, 0.3) is 0 Å². The molecule has 2 aromatic rings. The van der Waals surface area contributed by atoms with Gasteiger partial charge in [0.05, 0.1) is 5.56 Å². The van der Waals surface area contributed by atoms with Gasteiger partial charge in [-0.2, -0.15) is 0 Å². The lowest BCUT2D eigenvalue weighted by atomic mass is 10.1. The van der Waals surface area contributed by atoms with E-state index in [4.69, 9.17) is 11.6 Å². The standard InChI is InChI=1S/C18H15BrClFN2O2/c19-16-6-5-14(21)11-15(16)18(25)23-9-7-22(8-10-23)17(24)12-1-3-13(20)4-2-12/h1-6,11H,7-10H2. The fourth-order valence-electron chi connectivity index (χ4n) is 2.72. The summed E-state index contributed by atoms with van der Waals surface area (Å²) in [4.78, 5) is 28.4. The molecule has 1 fully saturated rings. The maximum atomic E-state index is 13.4. The van der Waals surface area contributed by atoms with E-state index in [9.17, 15) is 14.0 Å². The highest BCUT2D eigenvalue weighted by molar-refractivity contribution is 9.10. The van der Waals surface area contributed by atoms with Crippen LogP contribution in [0, 0.1) is 5.82 Å². The van der Waals surface area contributed by atoms with E-state index < -0.39 is 5.82 Å². The Hall–Kier alpha value is -1.92. The van der Waals surface area contributed by atoms with E-state index >= 15 is 0 Å². The Labute approximate surface area is 158 Å². The molecule has 25 heavy (non-hydrogen) atoms. The summed E-state index contributed by atoms with van der Waals surface area (Å²) in [7, 11) is 0. The summed E-state index contributed by atoms with van der Waals surface area (Å²) >= 11 is 9.12. The van der Waals surface area contributed by atoms with Gasteiger partial charge in [-0.15, -0.1) is 0 Å². The molecule has 1 aliphatic rings. The molecule has 0 spiro atoms. The Kier molecular flexibility index (Phi) is 5.39. The van der Waals surface area contributed by atoms with Crippen LogP contribution in [0.15, 0.2) is 46.9 Å². The number of hydrogen-bond donors (Lipinski definition) is 0. The van der Waals surface area contributed by atoms with Gasteiger partial charge in [0.25, 0.3) is 11.8 Å². The Morgan fingerprint density at radius 3 is 2.08 bits per heavy atom. The average Bonchev–Trinajstić information content (AvgIpc) is 2.63. The summed E-state index contributed by atoms with van der Waals surface area (Å²) in [6.07, 6.45) is 0. The van der Waals surface area contributed by atoms with Gasteiger partial charge in [0.2, 0.25) is 0 Å². The number of carbonyl (C=O) groups is 2. The van der Waals surface area contributed by atoms with E-state index in [1.165, 1.54) is 18.2 Å². The van der Waals surface area contributed by atoms with Crippen molar-refractivity contribution in [1.29, 1.82) is 0 Å². The van der Waals surface area contributed by atoms with Crippen molar-refractivity contribution in [3.05, 3.63) is 68.9 Å². The van der Waals surface area contributed by atoms with Crippen molar-refractivity contribution < 1.29 is 14.0 Å². The molecule has 7 heteroatoms. The van der Waals surface area contributed by atoms with Gasteiger partial charge >= 0.3 is 0 Å². The molecule has 0 radical (unpaired) electrons. The van der Waals surface area contributed by atoms with Crippen LogP contribution in [0.3, 0.4) is 0 Å². The number of rotatable bonds is 2. The summed E-state index contributed by atoms with van der Waals surface area (Å²) in [5.41, 5.74) is 0.856. The molecule has 3 rings (SSSR count). The van der Waals surface area contributed by atoms with Gasteiger partial charge in [-0.25, -0.2) is 4.39 Å². The molecule has 0 aliphatic carbocycles. The van der Waals surface area contributed by atoms with Crippen LogP contribution in [-0.2, 0) is 0 Å². The molecule has 0 bridgehead atoms. The van der Waals surface area contributed by atoms with Crippen LogP contribution in [0.4, 0.5) is 4.39 Å². The summed E-state index contributed by atoms with van der Waals surface area (Å²) < 4.78 is 14.0. The van der Waals surface area contributed by atoms with Gasteiger partial charge in [0.1, 0.15) is 5.82 Å². The maximum absolute atomic E-state index is 13.4. The topological polar surface area (TPSA) is 40.6 Å². The first-order valence-electron chi connectivity index (χ1n) is 7.75. The first-order valence-corrected chi connectivity index (χ1v) is 8.92. The normalized spacial score (nSPS) is 14.5. The zero-order valence-corrected chi connectivity index (χ0v) is 15.6. The molecule has 1 aliphatic heterocycles. The number of halogens is 3. The van der Waals surface area contributed by atoms with E-state index in [0.717, 1.165) is 0 Å². The zero-order chi connectivity index (χ0) is 18.0. The molecule has 4 nitrogen and oxygen atoms in total. The summed E-state index contributed by atoms with van der Waals surface area (Å²) in [5.74, 6) is -0.788. The van der Waals surface area contributed by atoms with Crippen molar-refractivity contribution in [2.75, 3.05) is 26.2 Å². The van der Waals surface area contributed by atoms with Crippen molar-refractivity contribution in [3.8, 4) is 0 Å². The molecule has 2 aromatic carbocycles. The van der Waals surface area contributed by atoms with E-state index in [1.807, 2.05) is 0 Å². The van der Waals surface area contributed by atoms with Crippen LogP contribution in [0.1, 0.15) is 20.7 Å².